The molecule has 1 atom stereocenters. The summed E-state index contributed by atoms with van der Waals surface area (Å²) >= 11 is 0. The first-order valence-electron chi connectivity index (χ1n) is 8.29. The molecule has 0 spiro atoms. The van der Waals surface area contributed by atoms with Crippen molar-refractivity contribution in [1.82, 2.24) is 0 Å². The third kappa shape index (κ3) is 5.99. The van der Waals surface area contributed by atoms with Crippen molar-refractivity contribution in [1.29, 1.82) is 0 Å². The van der Waals surface area contributed by atoms with Gasteiger partial charge in [-0.3, -0.25) is 0 Å². The lowest BCUT2D eigenvalue weighted by molar-refractivity contribution is -0.757. The maximum atomic E-state index is 13.4. The van der Waals surface area contributed by atoms with E-state index in [1.807, 2.05) is 0 Å². The normalized spacial score (nSPS) is 15.2. The minimum atomic E-state index is -4.91. The Kier molecular flexibility index (Phi) is 7.08. The Bertz CT molecular complexity index is 867. The predicted molar refractivity (Wildman–Crippen MR) is 90.7 cm³/mol. The van der Waals surface area contributed by atoms with Crippen molar-refractivity contribution in [3.63, 3.8) is 0 Å². The first kappa shape index (κ1) is 22.8. The van der Waals surface area contributed by atoms with Crippen LogP contribution in [0.5, 0.6) is 5.75 Å². The van der Waals surface area contributed by atoms with Crippen LogP contribution in [0.2, 0.25) is 0 Å². The highest BCUT2D eigenvalue weighted by atomic mass is 19.4. The van der Waals surface area contributed by atoms with Gasteiger partial charge in [0.1, 0.15) is 19.0 Å². The minimum absolute atomic E-state index is 0.00348. The van der Waals surface area contributed by atoms with E-state index in [-0.39, 0.29) is 11.3 Å². The Morgan fingerprint density at radius 3 is 2.50 bits per heavy atom. The molecule has 30 heavy (non-hydrogen) atoms. The molecule has 1 aliphatic heterocycles. The highest BCUT2D eigenvalue weighted by molar-refractivity contribution is 5.96. The number of alkyl halides is 3. The Morgan fingerprint density at radius 1 is 1.17 bits per heavy atom. The quantitative estimate of drug-likeness (QED) is 0.209. The van der Waals surface area contributed by atoms with Gasteiger partial charge in [0.2, 0.25) is 12.9 Å². The Labute approximate surface area is 167 Å². The summed E-state index contributed by atoms with van der Waals surface area (Å²) in [5, 5.41) is 8.81. The van der Waals surface area contributed by atoms with E-state index in [9.17, 15) is 32.9 Å². The molecule has 1 aromatic rings. The fourth-order valence-electron chi connectivity index (χ4n) is 2.58. The molecule has 0 N–H and O–H groups in total. The predicted octanol–water partition coefficient (Wildman–Crippen LogP) is 2.87. The molecule has 10 nitrogen and oxygen atoms in total. The van der Waals surface area contributed by atoms with Crippen molar-refractivity contribution in [2.24, 2.45) is 0 Å². The third-order valence-corrected chi connectivity index (χ3v) is 3.68. The van der Waals surface area contributed by atoms with Crippen LogP contribution in [0.15, 0.2) is 17.7 Å². The lowest BCUT2D eigenvalue weighted by atomic mass is 9.97. The van der Waals surface area contributed by atoms with Crippen LogP contribution in [0.25, 0.3) is 6.08 Å². The standard InChI is InChI=1S/C17H16F3NO9/c1-9-5-10(2)13-11(6-9)7-12(14(30-13)17(18,19)20)15(22)27-8-28-16(23)26-3-4-29-21(24)25/h5-7,14H,3-4,8H2,1-2H3/t14-/m0/s1. The van der Waals surface area contributed by atoms with Crippen LogP contribution < -0.4 is 4.74 Å². The molecule has 1 aliphatic rings. The molecule has 1 aromatic carbocycles. The van der Waals surface area contributed by atoms with E-state index in [1.165, 1.54) is 0 Å². The number of rotatable bonds is 7. The van der Waals surface area contributed by atoms with Gasteiger partial charge in [-0.1, -0.05) is 11.6 Å². The number of aryl methyl sites for hydroxylation is 2. The van der Waals surface area contributed by atoms with Gasteiger partial charge in [-0.05, 0) is 31.6 Å². The largest absolute Gasteiger partial charge is 0.511 e. The Morgan fingerprint density at radius 2 is 1.87 bits per heavy atom. The van der Waals surface area contributed by atoms with E-state index in [0.717, 1.165) is 11.6 Å². The van der Waals surface area contributed by atoms with E-state index in [0.29, 0.717) is 5.56 Å². The van der Waals surface area contributed by atoms with E-state index in [4.69, 9.17) is 4.74 Å². The highest BCUT2D eigenvalue weighted by Crippen LogP contribution is 2.39. The van der Waals surface area contributed by atoms with Crippen molar-refractivity contribution in [2.75, 3.05) is 20.0 Å². The molecule has 0 fully saturated rings. The maximum absolute atomic E-state index is 13.4. The number of esters is 1. The van der Waals surface area contributed by atoms with Gasteiger partial charge in [-0.2, -0.15) is 13.2 Å². The third-order valence-electron chi connectivity index (χ3n) is 3.68. The maximum Gasteiger partial charge on any atom is 0.511 e. The first-order chi connectivity index (χ1) is 14.0. The number of halogens is 3. The van der Waals surface area contributed by atoms with Crippen LogP contribution in [0.1, 0.15) is 16.7 Å². The summed E-state index contributed by atoms with van der Waals surface area (Å²) in [5.74, 6) is -1.41. The minimum Gasteiger partial charge on any atom is -0.475 e. The van der Waals surface area contributed by atoms with Gasteiger partial charge >= 0.3 is 18.3 Å². The van der Waals surface area contributed by atoms with Crippen LogP contribution in [0.3, 0.4) is 0 Å². The van der Waals surface area contributed by atoms with Crippen molar-refractivity contribution < 1.29 is 51.6 Å². The summed E-state index contributed by atoms with van der Waals surface area (Å²) in [6, 6.07) is 3.18. The molecular weight excluding hydrogens is 419 g/mol. The molecular formula is C17H16F3NO9. The second kappa shape index (κ2) is 9.33. The van der Waals surface area contributed by atoms with Crippen LogP contribution in [0.4, 0.5) is 18.0 Å². The summed E-state index contributed by atoms with van der Waals surface area (Å²) in [6.07, 6.45) is -7.83. The van der Waals surface area contributed by atoms with Gasteiger partial charge in [0.25, 0.3) is 5.09 Å². The number of nitrogens with zero attached hydrogens (tertiary/aromatic N) is 1. The molecule has 0 bridgehead atoms. The highest BCUT2D eigenvalue weighted by Gasteiger charge is 2.49. The zero-order chi connectivity index (χ0) is 22.5. The molecule has 0 unspecified atom stereocenters. The summed E-state index contributed by atoms with van der Waals surface area (Å²) < 4.78 is 58.5. The first-order valence-corrected chi connectivity index (χ1v) is 8.29. The molecule has 0 aliphatic carbocycles. The van der Waals surface area contributed by atoms with Crippen molar-refractivity contribution in [2.45, 2.75) is 26.1 Å². The average molecular weight is 435 g/mol. The van der Waals surface area contributed by atoms with Crippen LogP contribution in [-0.4, -0.2) is 49.5 Å². The van der Waals surface area contributed by atoms with E-state index in [2.05, 4.69) is 19.0 Å². The second-order valence-corrected chi connectivity index (χ2v) is 5.99. The average Bonchev–Trinajstić information content (AvgIpc) is 2.63. The lowest BCUT2D eigenvalue weighted by Crippen LogP contribution is -2.41. The van der Waals surface area contributed by atoms with Gasteiger partial charge in [0.05, 0.1) is 5.57 Å². The number of carbonyl (C=O) groups excluding carboxylic acids is 2. The molecule has 2 rings (SSSR count). The smallest absolute Gasteiger partial charge is 0.475 e. The zero-order valence-electron chi connectivity index (χ0n) is 15.7. The van der Waals surface area contributed by atoms with Crippen LogP contribution >= 0.6 is 0 Å². The summed E-state index contributed by atoms with van der Waals surface area (Å²) in [5.41, 5.74) is 0.661. The summed E-state index contributed by atoms with van der Waals surface area (Å²) in [7, 11) is 0. The summed E-state index contributed by atoms with van der Waals surface area (Å²) in [4.78, 5) is 37.2. The Balaban J connectivity index is 2.02. The van der Waals surface area contributed by atoms with Gasteiger partial charge in [0, 0.05) is 5.56 Å². The molecule has 13 heteroatoms. The van der Waals surface area contributed by atoms with Gasteiger partial charge in [-0.15, -0.1) is 10.1 Å². The molecule has 0 saturated carbocycles. The van der Waals surface area contributed by atoms with Gasteiger partial charge in [0.15, 0.2) is 0 Å². The van der Waals surface area contributed by atoms with Crippen molar-refractivity contribution in [3.8, 4) is 5.75 Å². The molecule has 164 valence electrons. The SMILES string of the molecule is Cc1cc(C)c2c(c1)C=C(C(=O)OCOC(=O)OCCO[N+](=O)[O-])[C@@H](C(F)(F)F)O2. The second-order valence-electron chi connectivity index (χ2n) is 5.99. The number of carbonyl (C=O) groups is 2. The number of hydrogen-bond donors (Lipinski definition) is 0. The van der Waals surface area contributed by atoms with Gasteiger partial charge in [-0.25, -0.2) is 9.59 Å². The lowest BCUT2D eigenvalue weighted by Gasteiger charge is -2.29. The van der Waals surface area contributed by atoms with Crippen LogP contribution in [-0.2, 0) is 23.8 Å². The number of benzene rings is 1. The number of hydrogen-bond acceptors (Lipinski definition) is 9. The molecule has 0 amide bonds. The molecule has 1 heterocycles. The molecule has 0 radical (unpaired) electrons. The summed E-state index contributed by atoms with van der Waals surface area (Å²) in [6.45, 7) is 1.17. The van der Waals surface area contributed by atoms with Crippen molar-refractivity contribution >= 4 is 18.2 Å². The fourth-order valence-corrected chi connectivity index (χ4v) is 2.58. The van der Waals surface area contributed by atoms with Gasteiger partial charge < -0.3 is 23.8 Å². The zero-order valence-corrected chi connectivity index (χ0v) is 15.7. The molecule has 0 aromatic heterocycles. The van der Waals surface area contributed by atoms with Crippen molar-refractivity contribution in [3.05, 3.63) is 44.5 Å². The van der Waals surface area contributed by atoms with E-state index < -0.39 is 55.1 Å². The molecule has 0 saturated heterocycles. The van der Waals surface area contributed by atoms with Crippen LogP contribution in [0, 0.1) is 24.0 Å². The monoisotopic (exact) mass is 435 g/mol. The van der Waals surface area contributed by atoms with E-state index >= 15 is 0 Å². The number of fused-ring (bicyclic) bond motifs is 1. The number of ether oxygens (including phenoxy) is 4. The Hall–Kier alpha value is -3.51. The fraction of sp³-hybridized carbons (Fsp3) is 0.412. The van der Waals surface area contributed by atoms with E-state index in [1.54, 1.807) is 26.0 Å². The topological polar surface area (TPSA) is 123 Å².